The first kappa shape index (κ1) is 11.5. The van der Waals surface area contributed by atoms with Crippen molar-refractivity contribution < 1.29 is 9.53 Å². The van der Waals surface area contributed by atoms with Crippen LogP contribution in [0.15, 0.2) is 0 Å². The number of ether oxygens (including phenoxy) is 1. The fourth-order valence-corrected chi connectivity index (χ4v) is 4.42. The second-order valence-electron chi connectivity index (χ2n) is 5.24. The monoisotopic (exact) mass is 275 g/mol. The van der Waals surface area contributed by atoms with Crippen molar-refractivity contribution in [3.8, 4) is 0 Å². The molecule has 0 amide bonds. The van der Waals surface area contributed by atoms with Gasteiger partial charge >= 0.3 is 99.7 Å². The Morgan fingerprint density at radius 1 is 1.33 bits per heavy atom. The van der Waals surface area contributed by atoms with Gasteiger partial charge < -0.3 is 0 Å². The molecule has 1 spiro atoms. The summed E-state index contributed by atoms with van der Waals surface area (Å²) in [4.78, 5) is 12.1. The van der Waals surface area contributed by atoms with E-state index in [0.29, 0.717) is 5.92 Å². The SMILES string of the molecule is CC(C)C1C(=O)OC2(CCCCC2)C1[Se]. The van der Waals surface area contributed by atoms with Gasteiger partial charge in [0, 0.05) is 0 Å². The predicted molar refractivity (Wildman–Crippen MR) is 59.7 cm³/mol. The van der Waals surface area contributed by atoms with E-state index in [4.69, 9.17) is 4.74 Å². The van der Waals surface area contributed by atoms with E-state index >= 15 is 0 Å². The summed E-state index contributed by atoms with van der Waals surface area (Å²) in [5.74, 6) is 0.476. The number of hydrogen-bond acceptors (Lipinski definition) is 2. The van der Waals surface area contributed by atoms with Gasteiger partial charge in [0.1, 0.15) is 0 Å². The second kappa shape index (κ2) is 4.10. The number of carbonyl (C=O) groups is 1. The standard InChI is InChI=1S/C12H19O2Se/c1-8(2)9-10(15)12(14-11(9)13)6-4-3-5-7-12/h8-10H,3-7H2,1-2H3. The Balaban J connectivity index is 2.19. The van der Waals surface area contributed by atoms with Crippen LogP contribution in [0, 0.1) is 11.8 Å². The molecule has 1 aliphatic carbocycles. The van der Waals surface area contributed by atoms with Gasteiger partial charge in [-0.3, -0.25) is 0 Å². The first-order valence-electron chi connectivity index (χ1n) is 5.95. The van der Waals surface area contributed by atoms with Gasteiger partial charge in [-0.05, 0) is 0 Å². The molecule has 0 bridgehead atoms. The van der Waals surface area contributed by atoms with Gasteiger partial charge in [-0.2, -0.15) is 0 Å². The summed E-state index contributed by atoms with van der Waals surface area (Å²) in [6.07, 6.45) is 5.81. The van der Waals surface area contributed by atoms with E-state index in [-0.39, 0.29) is 22.3 Å². The van der Waals surface area contributed by atoms with E-state index < -0.39 is 0 Å². The van der Waals surface area contributed by atoms with Crippen molar-refractivity contribution >= 4 is 22.0 Å². The average molecular weight is 274 g/mol. The molecule has 15 heavy (non-hydrogen) atoms. The Hall–Kier alpha value is -0.0105. The molecule has 85 valence electrons. The van der Waals surface area contributed by atoms with Gasteiger partial charge in [0.25, 0.3) is 0 Å². The van der Waals surface area contributed by atoms with Crippen LogP contribution >= 0.6 is 0 Å². The van der Waals surface area contributed by atoms with E-state index in [1.165, 1.54) is 19.3 Å². The summed E-state index contributed by atoms with van der Waals surface area (Å²) >= 11 is 3.22. The summed E-state index contributed by atoms with van der Waals surface area (Å²) in [6, 6.07) is 0. The van der Waals surface area contributed by atoms with Crippen LogP contribution in [0.1, 0.15) is 46.0 Å². The summed E-state index contributed by atoms with van der Waals surface area (Å²) in [7, 11) is 0. The molecular formula is C12H19O2Se. The third-order valence-corrected chi connectivity index (χ3v) is 5.36. The van der Waals surface area contributed by atoms with E-state index in [1.807, 2.05) is 0 Å². The van der Waals surface area contributed by atoms with E-state index in [2.05, 4.69) is 29.9 Å². The van der Waals surface area contributed by atoms with Crippen molar-refractivity contribution in [2.75, 3.05) is 0 Å². The molecule has 2 fully saturated rings. The van der Waals surface area contributed by atoms with E-state index in [0.717, 1.165) is 12.8 Å². The van der Waals surface area contributed by atoms with Crippen molar-refractivity contribution in [2.24, 2.45) is 11.8 Å². The van der Waals surface area contributed by atoms with Crippen molar-refractivity contribution in [3.63, 3.8) is 0 Å². The molecule has 2 atom stereocenters. The summed E-state index contributed by atoms with van der Waals surface area (Å²) < 4.78 is 5.71. The third kappa shape index (κ3) is 1.85. The predicted octanol–water partition coefficient (Wildman–Crippen LogP) is 2.48. The molecule has 2 unspecified atom stereocenters. The molecular weight excluding hydrogens is 255 g/mol. The van der Waals surface area contributed by atoms with Gasteiger partial charge in [0.2, 0.25) is 0 Å². The van der Waals surface area contributed by atoms with Crippen LogP contribution in [-0.2, 0) is 9.53 Å². The summed E-state index contributed by atoms with van der Waals surface area (Å²) in [5.41, 5.74) is -0.149. The van der Waals surface area contributed by atoms with Crippen LogP contribution in [0.4, 0.5) is 0 Å². The number of carbonyl (C=O) groups excluding carboxylic acids is 1. The molecule has 3 heteroatoms. The fraction of sp³-hybridized carbons (Fsp3) is 0.917. The molecule has 0 aromatic heterocycles. The number of hydrogen-bond donors (Lipinski definition) is 0. The maximum absolute atomic E-state index is 11.9. The third-order valence-electron chi connectivity index (χ3n) is 3.84. The van der Waals surface area contributed by atoms with Gasteiger partial charge in [0.15, 0.2) is 0 Å². The number of rotatable bonds is 1. The Kier molecular flexibility index (Phi) is 3.14. The minimum atomic E-state index is -0.149. The molecule has 1 aliphatic heterocycles. The molecule has 0 N–H and O–H groups in total. The van der Waals surface area contributed by atoms with Crippen LogP contribution in [-0.4, -0.2) is 27.6 Å². The zero-order valence-electron chi connectivity index (χ0n) is 9.49. The Morgan fingerprint density at radius 2 is 1.93 bits per heavy atom. The molecule has 1 saturated carbocycles. The molecule has 0 aromatic rings. The molecule has 0 aromatic carbocycles. The second-order valence-corrected chi connectivity index (χ2v) is 6.30. The van der Waals surface area contributed by atoms with E-state index in [1.54, 1.807) is 0 Å². The van der Waals surface area contributed by atoms with Crippen LogP contribution in [0.25, 0.3) is 0 Å². The Bertz CT molecular complexity index is 256. The van der Waals surface area contributed by atoms with E-state index in [9.17, 15) is 4.79 Å². The maximum atomic E-state index is 11.9. The van der Waals surface area contributed by atoms with Crippen LogP contribution in [0.3, 0.4) is 0 Å². The average Bonchev–Trinajstić information content (AvgIpc) is 2.40. The fourth-order valence-electron chi connectivity index (χ4n) is 2.94. The molecule has 1 heterocycles. The first-order valence-corrected chi connectivity index (χ1v) is 6.94. The molecule has 1 radical (unpaired) electrons. The quantitative estimate of drug-likeness (QED) is 0.542. The van der Waals surface area contributed by atoms with Crippen molar-refractivity contribution in [1.29, 1.82) is 0 Å². The van der Waals surface area contributed by atoms with Gasteiger partial charge in [-0.25, -0.2) is 0 Å². The van der Waals surface area contributed by atoms with Gasteiger partial charge in [-0.15, -0.1) is 0 Å². The molecule has 2 aliphatic rings. The topological polar surface area (TPSA) is 26.3 Å². The zero-order valence-corrected chi connectivity index (χ0v) is 11.2. The number of esters is 1. The Labute approximate surface area is 100.0 Å². The van der Waals surface area contributed by atoms with Crippen LogP contribution in [0.2, 0.25) is 4.82 Å². The van der Waals surface area contributed by atoms with Crippen molar-refractivity contribution in [1.82, 2.24) is 0 Å². The van der Waals surface area contributed by atoms with Gasteiger partial charge in [-0.1, -0.05) is 0 Å². The minimum absolute atomic E-state index is 0.0238. The van der Waals surface area contributed by atoms with Crippen LogP contribution in [0.5, 0.6) is 0 Å². The molecule has 2 nitrogen and oxygen atoms in total. The van der Waals surface area contributed by atoms with Crippen molar-refractivity contribution in [2.45, 2.75) is 56.4 Å². The molecule has 2 rings (SSSR count). The van der Waals surface area contributed by atoms with Crippen molar-refractivity contribution in [3.05, 3.63) is 0 Å². The zero-order chi connectivity index (χ0) is 11.1. The summed E-state index contributed by atoms with van der Waals surface area (Å²) in [5, 5.41) is 0. The normalized spacial score (nSPS) is 34.8. The van der Waals surface area contributed by atoms with Gasteiger partial charge in [0.05, 0.1) is 0 Å². The molecule has 1 saturated heterocycles. The first-order chi connectivity index (χ1) is 7.07. The summed E-state index contributed by atoms with van der Waals surface area (Å²) in [6.45, 7) is 4.22. The van der Waals surface area contributed by atoms with Crippen LogP contribution < -0.4 is 0 Å². The Morgan fingerprint density at radius 3 is 2.40 bits per heavy atom.